The number of hydrogen-bond donors (Lipinski definition) is 0. The zero-order chi connectivity index (χ0) is 23.5. The van der Waals surface area contributed by atoms with Crippen LogP contribution in [0.4, 0.5) is 0 Å². The zero-order valence-corrected chi connectivity index (χ0v) is 19.8. The van der Waals surface area contributed by atoms with Crippen molar-refractivity contribution in [3.8, 4) is 11.3 Å². The molecule has 0 spiro atoms. The number of aryl methyl sites for hydroxylation is 2. The standard InChI is InChI=1S/C27H29N3O3/c1-6-17-12-14-19(15-13-17)24-23-22-20(25(31)29(5)26(32)28(22)4)21(18-10-8-7-9-11-18)30(23)27(2,3)16-33-24/h7-15,24H,6,16H2,1-5H3/t24-/m0/s1. The van der Waals surface area contributed by atoms with Gasteiger partial charge in [0.05, 0.1) is 34.4 Å². The average Bonchev–Trinajstić information content (AvgIpc) is 3.20. The van der Waals surface area contributed by atoms with E-state index in [1.54, 1.807) is 11.6 Å². The minimum absolute atomic E-state index is 0.287. The number of aromatic nitrogens is 3. The highest BCUT2D eigenvalue weighted by Crippen LogP contribution is 2.45. The van der Waals surface area contributed by atoms with Crippen molar-refractivity contribution in [3.63, 3.8) is 0 Å². The molecule has 0 fully saturated rings. The summed E-state index contributed by atoms with van der Waals surface area (Å²) >= 11 is 0. The Labute approximate surface area is 192 Å². The van der Waals surface area contributed by atoms with E-state index >= 15 is 0 Å². The van der Waals surface area contributed by atoms with E-state index in [2.05, 4.69) is 49.6 Å². The Hall–Kier alpha value is -3.38. The first-order valence-corrected chi connectivity index (χ1v) is 11.4. The van der Waals surface area contributed by atoms with E-state index in [1.807, 2.05) is 30.3 Å². The first kappa shape index (κ1) is 21.5. The lowest BCUT2D eigenvalue weighted by Crippen LogP contribution is -2.40. The van der Waals surface area contributed by atoms with Crippen LogP contribution in [0.1, 0.15) is 43.7 Å². The first-order chi connectivity index (χ1) is 15.8. The summed E-state index contributed by atoms with van der Waals surface area (Å²) in [5.74, 6) is 0. The first-order valence-electron chi connectivity index (χ1n) is 11.4. The molecule has 3 heterocycles. The van der Waals surface area contributed by atoms with Gasteiger partial charge in [-0.3, -0.25) is 13.9 Å². The predicted molar refractivity (Wildman–Crippen MR) is 131 cm³/mol. The lowest BCUT2D eigenvalue weighted by atomic mass is 9.97. The molecule has 0 aliphatic carbocycles. The van der Waals surface area contributed by atoms with Crippen LogP contribution >= 0.6 is 0 Å². The fourth-order valence-corrected chi connectivity index (χ4v) is 5.05. The van der Waals surface area contributed by atoms with Crippen LogP contribution in [0.25, 0.3) is 22.2 Å². The summed E-state index contributed by atoms with van der Waals surface area (Å²) in [5.41, 5.74) is 4.48. The summed E-state index contributed by atoms with van der Waals surface area (Å²) in [4.78, 5) is 26.5. The summed E-state index contributed by atoms with van der Waals surface area (Å²) in [5, 5.41) is 0.551. The maximum absolute atomic E-state index is 13.5. The number of nitrogens with zero attached hydrogens (tertiary/aromatic N) is 3. The zero-order valence-electron chi connectivity index (χ0n) is 19.8. The minimum atomic E-state index is -0.416. The van der Waals surface area contributed by atoms with E-state index in [9.17, 15) is 9.59 Å². The van der Waals surface area contributed by atoms with Gasteiger partial charge in [-0.1, -0.05) is 61.5 Å². The number of ether oxygens (including phenoxy) is 1. The highest BCUT2D eigenvalue weighted by molar-refractivity contribution is 5.96. The van der Waals surface area contributed by atoms with Gasteiger partial charge < -0.3 is 9.30 Å². The molecule has 6 nitrogen and oxygen atoms in total. The van der Waals surface area contributed by atoms with Crippen molar-refractivity contribution in [2.75, 3.05) is 6.61 Å². The highest BCUT2D eigenvalue weighted by Gasteiger charge is 2.40. The summed E-state index contributed by atoms with van der Waals surface area (Å²) < 4.78 is 11.5. The molecule has 0 saturated heterocycles. The Morgan fingerprint density at radius 3 is 2.27 bits per heavy atom. The fraction of sp³-hybridized carbons (Fsp3) is 0.333. The van der Waals surface area contributed by atoms with Gasteiger partial charge in [-0.05, 0) is 37.0 Å². The number of rotatable bonds is 3. The van der Waals surface area contributed by atoms with Crippen LogP contribution in [0.15, 0.2) is 64.2 Å². The molecule has 0 radical (unpaired) electrons. The van der Waals surface area contributed by atoms with Crippen LogP contribution in [0.2, 0.25) is 0 Å². The van der Waals surface area contributed by atoms with Crippen LogP contribution in [-0.2, 0) is 30.8 Å². The normalized spacial score (nSPS) is 17.3. The second-order valence-corrected chi connectivity index (χ2v) is 9.46. The molecule has 2 aromatic heterocycles. The lowest BCUT2D eigenvalue weighted by molar-refractivity contribution is -0.00707. The van der Waals surface area contributed by atoms with E-state index in [0.29, 0.717) is 17.5 Å². The monoisotopic (exact) mass is 443 g/mol. The Bertz CT molecular complexity index is 1470. The van der Waals surface area contributed by atoms with Gasteiger partial charge in [0, 0.05) is 14.1 Å². The van der Waals surface area contributed by atoms with Crippen molar-refractivity contribution in [1.29, 1.82) is 0 Å². The van der Waals surface area contributed by atoms with Gasteiger partial charge in [0.25, 0.3) is 5.56 Å². The molecule has 1 aliphatic heterocycles. The summed E-state index contributed by atoms with van der Waals surface area (Å²) in [7, 11) is 3.27. The van der Waals surface area contributed by atoms with Crippen molar-refractivity contribution < 1.29 is 4.74 Å². The van der Waals surface area contributed by atoms with Crippen molar-refractivity contribution in [3.05, 3.63) is 92.3 Å². The third kappa shape index (κ3) is 3.12. The van der Waals surface area contributed by atoms with E-state index in [1.165, 1.54) is 17.2 Å². The molecular formula is C27H29N3O3. The van der Waals surface area contributed by atoms with Gasteiger partial charge in [-0.2, -0.15) is 0 Å². The smallest absolute Gasteiger partial charge is 0.331 e. The van der Waals surface area contributed by atoms with Crippen LogP contribution in [-0.4, -0.2) is 20.3 Å². The molecule has 170 valence electrons. The van der Waals surface area contributed by atoms with E-state index in [4.69, 9.17) is 4.74 Å². The summed E-state index contributed by atoms with van der Waals surface area (Å²) in [6.07, 6.45) is 0.572. The van der Waals surface area contributed by atoms with Gasteiger partial charge in [-0.25, -0.2) is 4.79 Å². The quantitative estimate of drug-likeness (QED) is 0.479. The van der Waals surface area contributed by atoms with Crippen LogP contribution in [0.3, 0.4) is 0 Å². The second kappa shape index (κ2) is 7.59. The third-order valence-electron chi connectivity index (χ3n) is 6.80. The van der Waals surface area contributed by atoms with Gasteiger partial charge in [0.2, 0.25) is 0 Å². The molecule has 0 amide bonds. The molecular weight excluding hydrogens is 414 g/mol. The van der Waals surface area contributed by atoms with Gasteiger partial charge >= 0.3 is 5.69 Å². The molecule has 2 aromatic carbocycles. The molecule has 33 heavy (non-hydrogen) atoms. The van der Waals surface area contributed by atoms with E-state index in [-0.39, 0.29) is 17.4 Å². The molecule has 5 rings (SSSR count). The van der Waals surface area contributed by atoms with Crippen molar-refractivity contribution in [2.24, 2.45) is 14.1 Å². The van der Waals surface area contributed by atoms with Gasteiger partial charge in [0.1, 0.15) is 6.10 Å². The Balaban J connectivity index is 1.97. The highest BCUT2D eigenvalue weighted by atomic mass is 16.5. The SMILES string of the molecule is CCc1ccc([C@@H]2OCC(C)(C)n3c(-c4ccccc4)c4c(=O)n(C)c(=O)n(C)c4c32)cc1. The Morgan fingerprint density at radius 1 is 0.970 bits per heavy atom. The molecule has 4 aromatic rings. The summed E-state index contributed by atoms with van der Waals surface area (Å²) in [6, 6.07) is 18.4. The topological polar surface area (TPSA) is 58.2 Å². The molecule has 0 bridgehead atoms. The van der Waals surface area contributed by atoms with Gasteiger partial charge in [-0.15, -0.1) is 0 Å². The Morgan fingerprint density at radius 2 is 1.64 bits per heavy atom. The van der Waals surface area contributed by atoms with E-state index < -0.39 is 5.54 Å². The van der Waals surface area contributed by atoms with Crippen LogP contribution in [0, 0.1) is 0 Å². The lowest BCUT2D eigenvalue weighted by Gasteiger charge is -2.39. The maximum Gasteiger partial charge on any atom is 0.331 e. The second-order valence-electron chi connectivity index (χ2n) is 9.46. The molecule has 1 atom stereocenters. The van der Waals surface area contributed by atoms with Crippen LogP contribution < -0.4 is 11.2 Å². The number of benzene rings is 2. The molecule has 0 N–H and O–H groups in total. The van der Waals surface area contributed by atoms with Gasteiger partial charge in [0.15, 0.2) is 0 Å². The van der Waals surface area contributed by atoms with E-state index in [0.717, 1.165) is 28.9 Å². The van der Waals surface area contributed by atoms with Crippen molar-refractivity contribution >= 4 is 10.9 Å². The minimum Gasteiger partial charge on any atom is -0.365 e. The van der Waals surface area contributed by atoms with Crippen LogP contribution in [0.5, 0.6) is 0 Å². The van der Waals surface area contributed by atoms with Crippen molar-refractivity contribution in [2.45, 2.75) is 38.8 Å². The average molecular weight is 444 g/mol. The molecule has 0 saturated carbocycles. The largest absolute Gasteiger partial charge is 0.365 e. The Kier molecular flexibility index (Phi) is 4.94. The predicted octanol–water partition coefficient (Wildman–Crippen LogP) is 4.12. The molecule has 0 unspecified atom stereocenters. The number of hydrogen-bond acceptors (Lipinski definition) is 3. The molecule has 6 heteroatoms. The third-order valence-corrected chi connectivity index (χ3v) is 6.80. The maximum atomic E-state index is 13.5. The fourth-order valence-electron chi connectivity index (χ4n) is 5.05. The molecule has 1 aliphatic rings. The van der Waals surface area contributed by atoms with Crippen molar-refractivity contribution in [1.82, 2.24) is 13.7 Å². The summed E-state index contributed by atoms with van der Waals surface area (Å²) in [6.45, 7) is 6.84. The number of fused-ring (bicyclic) bond motifs is 3.